The van der Waals surface area contributed by atoms with Gasteiger partial charge in [-0.2, -0.15) is 0 Å². The molecule has 0 radical (unpaired) electrons. The quantitative estimate of drug-likeness (QED) is 0.785. The Bertz CT molecular complexity index is 658. The van der Waals surface area contributed by atoms with Gasteiger partial charge < -0.3 is 14.8 Å². The number of fused-ring (bicyclic) bond motifs is 1. The van der Waals surface area contributed by atoms with Crippen LogP contribution in [0.3, 0.4) is 0 Å². The monoisotopic (exact) mass is 248 g/mol. The molecule has 1 saturated heterocycles. The van der Waals surface area contributed by atoms with E-state index in [1.165, 1.54) is 12.7 Å². The first kappa shape index (κ1) is 11.0. The molecule has 2 aromatic rings. The van der Waals surface area contributed by atoms with Crippen molar-refractivity contribution in [1.29, 1.82) is 0 Å². The fourth-order valence-electron chi connectivity index (χ4n) is 1.97. The van der Waals surface area contributed by atoms with Crippen LogP contribution in [0.4, 0.5) is 0 Å². The van der Waals surface area contributed by atoms with Crippen LogP contribution in [0.15, 0.2) is 23.2 Å². The molecule has 1 fully saturated rings. The summed E-state index contributed by atoms with van der Waals surface area (Å²) in [5, 5.41) is 8.99. The number of allylic oxidation sites excluding steroid dienone is 1. The van der Waals surface area contributed by atoms with Crippen molar-refractivity contribution >= 4 is 17.4 Å². The lowest BCUT2D eigenvalue weighted by molar-refractivity contribution is 0.0923. The van der Waals surface area contributed by atoms with E-state index in [0.29, 0.717) is 11.2 Å². The van der Waals surface area contributed by atoms with Crippen molar-refractivity contribution in [2.24, 2.45) is 0 Å². The van der Waals surface area contributed by atoms with Gasteiger partial charge in [0.2, 0.25) is 0 Å². The van der Waals surface area contributed by atoms with Crippen LogP contribution >= 0.6 is 0 Å². The van der Waals surface area contributed by atoms with Crippen molar-refractivity contribution in [1.82, 2.24) is 19.5 Å². The number of aliphatic hydroxyl groups is 1. The van der Waals surface area contributed by atoms with E-state index in [1.54, 1.807) is 10.8 Å². The number of nitrogens with zero attached hydrogens (tertiary/aromatic N) is 3. The first-order chi connectivity index (χ1) is 8.78. The molecule has 0 spiro atoms. The molecule has 7 nitrogen and oxygen atoms in total. The predicted octanol–water partition coefficient (Wildman–Crippen LogP) is 0.0893. The highest BCUT2D eigenvalue weighted by atomic mass is 16.5. The number of ether oxygens (including phenoxy) is 1. The topological polar surface area (TPSA) is 93.0 Å². The molecule has 3 rings (SSSR count). The summed E-state index contributed by atoms with van der Waals surface area (Å²) in [7, 11) is 0. The average Bonchev–Trinajstić information content (AvgIpc) is 2.98. The molecule has 94 valence electrons. The molecule has 1 aliphatic heterocycles. The number of aromatic nitrogens is 4. The van der Waals surface area contributed by atoms with Crippen LogP contribution in [-0.2, 0) is 4.74 Å². The van der Waals surface area contributed by atoms with Gasteiger partial charge >= 0.3 is 0 Å². The number of H-pyrrole nitrogens is 1. The Morgan fingerprint density at radius 1 is 1.61 bits per heavy atom. The van der Waals surface area contributed by atoms with Crippen molar-refractivity contribution in [3.05, 3.63) is 28.8 Å². The SMILES string of the molecule is O=c1[nH]cnc2c1ncn2C=C1CC[C@@H](CO)O1. The first-order valence-electron chi connectivity index (χ1n) is 5.66. The Morgan fingerprint density at radius 3 is 3.28 bits per heavy atom. The maximum Gasteiger partial charge on any atom is 0.278 e. The third kappa shape index (κ3) is 1.78. The van der Waals surface area contributed by atoms with E-state index >= 15 is 0 Å². The van der Waals surface area contributed by atoms with Crippen LogP contribution in [0.5, 0.6) is 0 Å². The Balaban J connectivity index is 1.99. The van der Waals surface area contributed by atoms with Gasteiger partial charge in [0.1, 0.15) is 18.2 Å². The van der Waals surface area contributed by atoms with Crippen molar-refractivity contribution in [3.8, 4) is 0 Å². The van der Waals surface area contributed by atoms with Gasteiger partial charge in [0.05, 0.1) is 12.9 Å². The molecule has 0 aromatic carbocycles. The highest BCUT2D eigenvalue weighted by Crippen LogP contribution is 2.23. The van der Waals surface area contributed by atoms with E-state index in [1.807, 2.05) is 0 Å². The van der Waals surface area contributed by atoms with Gasteiger partial charge in [0.15, 0.2) is 11.2 Å². The molecule has 0 saturated carbocycles. The first-order valence-corrected chi connectivity index (χ1v) is 5.66. The summed E-state index contributed by atoms with van der Waals surface area (Å²) in [6.07, 6.45) is 6.03. The molecule has 3 heterocycles. The standard InChI is InChI=1S/C11H12N4O3/c16-4-8-2-1-7(18-8)3-15-6-14-9-10(15)12-5-13-11(9)17/h3,5-6,8,16H,1-2,4H2,(H,12,13,17)/t8-/m0/s1. The van der Waals surface area contributed by atoms with Gasteiger partial charge in [0, 0.05) is 12.6 Å². The Morgan fingerprint density at radius 2 is 2.50 bits per heavy atom. The van der Waals surface area contributed by atoms with Crippen molar-refractivity contribution in [2.75, 3.05) is 6.61 Å². The van der Waals surface area contributed by atoms with Crippen molar-refractivity contribution < 1.29 is 9.84 Å². The summed E-state index contributed by atoms with van der Waals surface area (Å²) in [6.45, 7) is 0.0138. The zero-order valence-corrected chi connectivity index (χ0v) is 9.54. The van der Waals surface area contributed by atoms with E-state index in [2.05, 4.69) is 15.0 Å². The molecular weight excluding hydrogens is 236 g/mol. The van der Waals surface area contributed by atoms with Crippen LogP contribution in [0.2, 0.25) is 0 Å². The van der Waals surface area contributed by atoms with Crippen LogP contribution in [0.1, 0.15) is 12.8 Å². The summed E-state index contributed by atoms with van der Waals surface area (Å²) in [4.78, 5) is 22.0. The molecule has 0 bridgehead atoms. The van der Waals surface area contributed by atoms with E-state index in [0.717, 1.165) is 18.6 Å². The summed E-state index contributed by atoms with van der Waals surface area (Å²) in [5.41, 5.74) is 0.520. The van der Waals surface area contributed by atoms with Crippen molar-refractivity contribution in [3.63, 3.8) is 0 Å². The Kier molecular flexibility index (Phi) is 2.60. The normalized spacial score (nSPS) is 21.6. The molecule has 0 unspecified atom stereocenters. The Labute approximate surface area is 102 Å². The molecule has 7 heteroatoms. The van der Waals surface area contributed by atoms with Crippen LogP contribution < -0.4 is 5.56 Å². The smallest absolute Gasteiger partial charge is 0.278 e. The van der Waals surface area contributed by atoms with Gasteiger partial charge in [-0.3, -0.25) is 9.36 Å². The largest absolute Gasteiger partial charge is 0.491 e. The summed E-state index contributed by atoms with van der Waals surface area (Å²) >= 11 is 0. The average molecular weight is 248 g/mol. The molecule has 2 aromatic heterocycles. The van der Waals surface area contributed by atoms with Gasteiger partial charge in [-0.05, 0) is 6.42 Å². The third-order valence-corrected chi connectivity index (χ3v) is 2.88. The van der Waals surface area contributed by atoms with Gasteiger partial charge in [-0.25, -0.2) is 9.97 Å². The fourth-order valence-corrected chi connectivity index (χ4v) is 1.97. The molecule has 1 aliphatic rings. The lowest BCUT2D eigenvalue weighted by atomic mass is 10.2. The van der Waals surface area contributed by atoms with E-state index in [4.69, 9.17) is 9.84 Å². The minimum atomic E-state index is -0.266. The zero-order valence-electron chi connectivity index (χ0n) is 9.54. The molecule has 2 N–H and O–H groups in total. The van der Waals surface area contributed by atoms with Crippen LogP contribution in [0, 0.1) is 0 Å². The number of imidazole rings is 1. The fraction of sp³-hybridized carbons (Fsp3) is 0.364. The number of hydrogen-bond donors (Lipinski definition) is 2. The van der Waals surface area contributed by atoms with Gasteiger partial charge in [0.25, 0.3) is 5.56 Å². The lowest BCUT2D eigenvalue weighted by Crippen LogP contribution is -2.09. The maximum absolute atomic E-state index is 11.5. The van der Waals surface area contributed by atoms with Gasteiger partial charge in [-0.15, -0.1) is 0 Å². The number of aliphatic hydroxyl groups excluding tert-OH is 1. The minimum absolute atomic E-state index is 0.0138. The summed E-state index contributed by atoms with van der Waals surface area (Å²) < 4.78 is 7.16. The highest BCUT2D eigenvalue weighted by molar-refractivity contribution is 5.71. The second-order valence-electron chi connectivity index (χ2n) is 4.11. The van der Waals surface area contributed by atoms with E-state index in [-0.39, 0.29) is 18.3 Å². The molecule has 18 heavy (non-hydrogen) atoms. The van der Waals surface area contributed by atoms with E-state index in [9.17, 15) is 4.79 Å². The molecule has 0 amide bonds. The second kappa shape index (κ2) is 4.26. The molecule has 1 atom stereocenters. The summed E-state index contributed by atoms with van der Waals surface area (Å²) in [6, 6.07) is 0. The second-order valence-corrected chi connectivity index (χ2v) is 4.11. The third-order valence-electron chi connectivity index (χ3n) is 2.88. The molecular formula is C11H12N4O3. The number of nitrogens with one attached hydrogen (secondary N) is 1. The highest BCUT2D eigenvalue weighted by Gasteiger charge is 2.20. The lowest BCUT2D eigenvalue weighted by Gasteiger charge is -2.06. The number of hydrogen-bond acceptors (Lipinski definition) is 5. The van der Waals surface area contributed by atoms with Crippen molar-refractivity contribution in [2.45, 2.75) is 18.9 Å². The maximum atomic E-state index is 11.5. The number of rotatable bonds is 2. The summed E-state index contributed by atoms with van der Waals surface area (Å²) in [5.74, 6) is 0.760. The van der Waals surface area contributed by atoms with Crippen LogP contribution in [-0.4, -0.2) is 37.3 Å². The predicted molar refractivity (Wildman–Crippen MR) is 63.6 cm³/mol. The zero-order chi connectivity index (χ0) is 12.5. The Hall–Kier alpha value is -2.15. The van der Waals surface area contributed by atoms with E-state index < -0.39 is 0 Å². The minimum Gasteiger partial charge on any atom is -0.491 e. The number of aromatic amines is 1. The van der Waals surface area contributed by atoms with Crippen LogP contribution in [0.25, 0.3) is 17.4 Å². The molecule has 0 aliphatic carbocycles. The van der Waals surface area contributed by atoms with Gasteiger partial charge in [-0.1, -0.05) is 0 Å².